The molecule has 0 bridgehead atoms. The van der Waals surface area contributed by atoms with Crippen molar-refractivity contribution < 1.29 is 18.3 Å². The monoisotopic (exact) mass is 354 g/mol. The fourth-order valence-corrected chi connectivity index (χ4v) is 2.99. The number of halogens is 1. The van der Waals surface area contributed by atoms with Crippen LogP contribution in [0.2, 0.25) is 0 Å². The number of aryl methyl sites for hydroxylation is 2. The Balaban J connectivity index is 2.38. The number of hydrogen-bond donors (Lipinski definition) is 0. The van der Waals surface area contributed by atoms with E-state index in [2.05, 4.69) is 0 Å². The van der Waals surface area contributed by atoms with Crippen molar-refractivity contribution in [3.63, 3.8) is 0 Å². The van der Waals surface area contributed by atoms with Gasteiger partial charge in [0.05, 0.1) is 17.6 Å². The van der Waals surface area contributed by atoms with Crippen molar-refractivity contribution >= 4 is 16.9 Å². The molecule has 0 spiro atoms. The van der Waals surface area contributed by atoms with Gasteiger partial charge in [-0.3, -0.25) is 4.79 Å². The van der Waals surface area contributed by atoms with E-state index >= 15 is 0 Å². The summed E-state index contributed by atoms with van der Waals surface area (Å²) >= 11 is 0. The fraction of sp³-hybridized carbons (Fsp3) is 0.238. The molecule has 0 saturated heterocycles. The smallest absolute Gasteiger partial charge is 0.375 e. The quantitative estimate of drug-likeness (QED) is 0.640. The predicted molar refractivity (Wildman–Crippen MR) is 97.9 cm³/mol. The van der Waals surface area contributed by atoms with Gasteiger partial charge in [0, 0.05) is 0 Å². The molecular weight excluding hydrogens is 335 g/mol. The van der Waals surface area contributed by atoms with Crippen LogP contribution >= 0.6 is 0 Å². The molecule has 0 atom stereocenters. The highest BCUT2D eigenvalue weighted by Crippen LogP contribution is 2.27. The Hall–Kier alpha value is -2.95. The van der Waals surface area contributed by atoms with Crippen molar-refractivity contribution in [2.45, 2.75) is 27.2 Å². The average Bonchev–Trinajstić information content (AvgIpc) is 2.62. The molecule has 0 fully saturated rings. The van der Waals surface area contributed by atoms with E-state index in [1.54, 1.807) is 19.1 Å². The molecule has 0 unspecified atom stereocenters. The maximum absolute atomic E-state index is 13.3. The summed E-state index contributed by atoms with van der Waals surface area (Å²) in [5, 5.41) is 0.389. The lowest BCUT2D eigenvalue weighted by atomic mass is 9.98. The minimum absolute atomic E-state index is 0.0851. The van der Waals surface area contributed by atoms with Crippen molar-refractivity contribution in [2.24, 2.45) is 0 Å². The van der Waals surface area contributed by atoms with E-state index in [0.29, 0.717) is 16.5 Å². The molecule has 0 radical (unpaired) electrons. The average molecular weight is 354 g/mol. The van der Waals surface area contributed by atoms with Crippen LogP contribution in [0.25, 0.3) is 22.1 Å². The van der Waals surface area contributed by atoms with Gasteiger partial charge in [0.15, 0.2) is 0 Å². The molecule has 3 aromatic rings. The van der Waals surface area contributed by atoms with Crippen LogP contribution in [0.3, 0.4) is 0 Å². The molecule has 0 saturated carbocycles. The molecule has 5 heteroatoms. The molecule has 2 aromatic carbocycles. The summed E-state index contributed by atoms with van der Waals surface area (Å²) < 4.78 is 24.1. The van der Waals surface area contributed by atoms with Crippen LogP contribution in [-0.2, 0) is 11.2 Å². The highest BCUT2D eigenvalue weighted by Gasteiger charge is 2.23. The van der Waals surface area contributed by atoms with Gasteiger partial charge < -0.3 is 9.15 Å². The molecule has 4 nitrogen and oxygen atoms in total. The van der Waals surface area contributed by atoms with Crippen LogP contribution in [0.15, 0.2) is 45.6 Å². The molecule has 0 aliphatic carbocycles. The minimum atomic E-state index is -0.719. The second kappa shape index (κ2) is 7.12. The van der Waals surface area contributed by atoms with Crippen LogP contribution in [0.1, 0.15) is 35.5 Å². The Kier molecular flexibility index (Phi) is 4.89. The van der Waals surface area contributed by atoms with Crippen LogP contribution < -0.4 is 5.43 Å². The van der Waals surface area contributed by atoms with Gasteiger partial charge in [-0.1, -0.05) is 19.1 Å². The second-order valence-electron chi connectivity index (χ2n) is 5.99. The van der Waals surface area contributed by atoms with Crippen LogP contribution in [0.4, 0.5) is 4.39 Å². The zero-order valence-corrected chi connectivity index (χ0v) is 14.9. The Bertz CT molecular complexity index is 1030. The number of rotatable bonds is 4. The van der Waals surface area contributed by atoms with Crippen LogP contribution in [0.5, 0.6) is 0 Å². The SMILES string of the molecule is CCOC(=O)c1oc2cc(C)c(CC)cc2c(=O)c1-c1ccc(F)cc1. The topological polar surface area (TPSA) is 56.5 Å². The minimum Gasteiger partial charge on any atom is -0.460 e. The van der Waals surface area contributed by atoms with Gasteiger partial charge in [-0.05, 0) is 61.2 Å². The van der Waals surface area contributed by atoms with E-state index in [4.69, 9.17) is 9.15 Å². The summed E-state index contributed by atoms with van der Waals surface area (Å²) in [4.78, 5) is 25.5. The van der Waals surface area contributed by atoms with Gasteiger partial charge in [-0.15, -0.1) is 0 Å². The molecule has 1 aromatic heterocycles. The van der Waals surface area contributed by atoms with E-state index in [1.807, 2.05) is 13.8 Å². The summed E-state index contributed by atoms with van der Waals surface area (Å²) in [5.41, 5.74) is 2.49. The lowest BCUT2D eigenvalue weighted by molar-refractivity contribution is 0.0492. The Labute approximate surface area is 150 Å². The standard InChI is InChI=1S/C21H19FO4/c1-4-13-11-16-17(10-12(13)3)26-20(21(24)25-5-2)18(19(16)23)14-6-8-15(22)9-7-14/h6-11H,4-5H2,1-3H3. The molecular formula is C21H19FO4. The number of ether oxygens (including phenoxy) is 1. The molecule has 0 N–H and O–H groups in total. The molecule has 0 aliphatic rings. The molecule has 0 aliphatic heterocycles. The number of benzene rings is 2. The third-order valence-corrected chi connectivity index (χ3v) is 4.32. The summed E-state index contributed by atoms with van der Waals surface area (Å²) in [6, 6.07) is 8.92. The van der Waals surface area contributed by atoms with E-state index < -0.39 is 11.8 Å². The normalized spacial score (nSPS) is 10.9. The molecule has 3 rings (SSSR count). The number of carbonyl (C=O) groups is 1. The number of esters is 1. The van der Waals surface area contributed by atoms with Gasteiger partial charge in [-0.2, -0.15) is 0 Å². The first-order chi connectivity index (χ1) is 12.5. The van der Waals surface area contributed by atoms with Crippen molar-refractivity contribution in [3.05, 3.63) is 69.3 Å². The highest BCUT2D eigenvalue weighted by molar-refractivity contribution is 5.97. The van der Waals surface area contributed by atoms with Gasteiger partial charge in [-0.25, -0.2) is 9.18 Å². The summed E-state index contributed by atoms with van der Waals surface area (Å²) in [7, 11) is 0. The largest absolute Gasteiger partial charge is 0.460 e. The lowest BCUT2D eigenvalue weighted by Crippen LogP contribution is -2.15. The van der Waals surface area contributed by atoms with Gasteiger partial charge >= 0.3 is 5.97 Å². The first-order valence-corrected chi connectivity index (χ1v) is 8.49. The zero-order chi connectivity index (χ0) is 18.8. The first kappa shape index (κ1) is 17.9. The van der Waals surface area contributed by atoms with E-state index in [1.165, 1.54) is 24.3 Å². The van der Waals surface area contributed by atoms with E-state index in [-0.39, 0.29) is 23.4 Å². The van der Waals surface area contributed by atoms with Gasteiger partial charge in [0.2, 0.25) is 11.2 Å². The fourth-order valence-electron chi connectivity index (χ4n) is 2.99. The first-order valence-electron chi connectivity index (χ1n) is 8.49. The van der Waals surface area contributed by atoms with Gasteiger partial charge in [0.1, 0.15) is 11.4 Å². The predicted octanol–water partition coefficient (Wildman–Crippen LogP) is 4.65. The summed E-state index contributed by atoms with van der Waals surface area (Å²) in [5.74, 6) is -1.32. The Morgan fingerprint density at radius 2 is 1.85 bits per heavy atom. The maximum Gasteiger partial charge on any atom is 0.375 e. The second-order valence-corrected chi connectivity index (χ2v) is 5.99. The summed E-state index contributed by atoms with van der Waals surface area (Å²) in [6.45, 7) is 5.75. The van der Waals surface area contributed by atoms with Crippen molar-refractivity contribution in [1.82, 2.24) is 0 Å². The lowest BCUT2D eigenvalue weighted by Gasteiger charge is -2.11. The van der Waals surface area contributed by atoms with Crippen molar-refractivity contribution in [3.8, 4) is 11.1 Å². The van der Waals surface area contributed by atoms with Crippen molar-refractivity contribution in [2.75, 3.05) is 6.61 Å². The van der Waals surface area contributed by atoms with Crippen LogP contribution in [0, 0.1) is 12.7 Å². The number of fused-ring (bicyclic) bond motifs is 1. The van der Waals surface area contributed by atoms with E-state index in [9.17, 15) is 14.0 Å². The highest BCUT2D eigenvalue weighted by atomic mass is 19.1. The third-order valence-electron chi connectivity index (χ3n) is 4.32. The molecule has 1 heterocycles. The molecule has 26 heavy (non-hydrogen) atoms. The molecule has 134 valence electrons. The van der Waals surface area contributed by atoms with E-state index in [0.717, 1.165) is 17.5 Å². The van der Waals surface area contributed by atoms with Gasteiger partial charge in [0.25, 0.3) is 0 Å². The number of hydrogen-bond acceptors (Lipinski definition) is 4. The summed E-state index contributed by atoms with van der Waals surface area (Å²) in [6.07, 6.45) is 0.771. The maximum atomic E-state index is 13.3. The van der Waals surface area contributed by atoms with Crippen LogP contribution in [-0.4, -0.2) is 12.6 Å². The third kappa shape index (κ3) is 3.12. The Morgan fingerprint density at radius 3 is 2.46 bits per heavy atom. The molecule has 0 amide bonds. The zero-order valence-electron chi connectivity index (χ0n) is 14.9. The Morgan fingerprint density at radius 1 is 1.15 bits per heavy atom. The number of carbonyl (C=O) groups excluding carboxylic acids is 1. The van der Waals surface area contributed by atoms with Crippen molar-refractivity contribution in [1.29, 1.82) is 0 Å².